The van der Waals surface area contributed by atoms with E-state index in [2.05, 4.69) is 5.32 Å². The quantitative estimate of drug-likeness (QED) is 0.737. The van der Waals surface area contributed by atoms with Crippen molar-refractivity contribution in [1.82, 2.24) is 5.32 Å². The first-order valence-electron chi connectivity index (χ1n) is 5.46. The van der Waals surface area contributed by atoms with Gasteiger partial charge in [-0.1, -0.05) is 6.42 Å². The number of nitriles is 1. The summed E-state index contributed by atoms with van der Waals surface area (Å²) in [5.41, 5.74) is 0. The van der Waals surface area contributed by atoms with E-state index in [4.69, 9.17) is 10.4 Å². The molecule has 16 heavy (non-hydrogen) atoms. The zero-order valence-corrected chi connectivity index (χ0v) is 9.27. The molecule has 5 nitrogen and oxygen atoms in total. The SMILES string of the molecule is CC(C#N)CNC(=O)[C@@H]1CCC[C@@H]1C(=O)O. The summed E-state index contributed by atoms with van der Waals surface area (Å²) in [5.74, 6) is -2.35. The average Bonchev–Trinajstić information content (AvgIpc) is 2.74. The summed E-state index contributed by atoms with van der Waals surface area (Å²) in [6, 6.07) is 2.01. The summed E-state index contributed by atoms with van der Waals surface area (Å²) in [7, 11) is 0. The Labute approximate surface area is 94.4 Å². The van der Waals surface area contributed by atoms with Crippen molar-refractivity contribution in [3.63, 3.8) is 0 Å². The van der Waals surface area contributed by atoms with Gasteiger partial charge in [-0.05, 0) is 19.8 Å². The first-order valence-corrected chi connectivity index (χ1v) is 5.46. The summed E-state index contributed by atoms with van der Waals surface area (Å²) < 4.78 is 0. The Kier molecular flexibility index (Phi) is 4.29. The van der Waals surface area contributed by atoms with Crippen molar-refractivity contribution in [3.8, 4) is 6.07 Å². The Morgan fingerprint density at radius 1 is 1.50 bits per heavy atom. The Balaban J connectivity index is 2.48. The second kappa shape index (κ2) is 5.50. The molecule has 1 aliphatic carbocycles. The number of nitrogens with zero attached hydrogens (tertiary/aromatic N) is 1. The molecule has 0 aliphatic heterocycles. The van der Waals surface area contributed by atoms with Crippen molar-refractivity contribution in [1.29, 1.82) is 5.26 Å². The van der Waals surface area contributed by atoms with E-state index in [1.807, 2.05) is 6.07 Å². The lowest BCUT2D eigenvalue weighted by Gasteiger charge is -2.15. The third kappa shape index (κ3) is 2.96. The van der Waals surface area contributed by atoms with Crippen LogP contribution < -0.4 is 5.32 Å². The van der Waals surface area contributed by atoms with Crippen molar-refractivity contribution in [3.05, 3.63) is 0 Å². The standard InChI is InChI=1S/C11H16N2O3/c1-7(5-12)6-13-10(14)8-3-2-4-9(8)11(15)16/h7-9H,2-4,6H2,1H3,(H,13,14)(H,15,16)/t7?,8-,9+/m1/s1. The fraction of sp³-hybridized carbons (Fsp3) is 0.727. The van der Waals surface area contributed by atoms with Crippen LogP contribution in [0.1, 0.15) is 26.2 Å². The van der Waals surface area contributed by atoms with Gasteiger partial charge in [-0.15, -0.1) is 0 Å². The van der Waals surface area contributed by atoms with E-state index < -0.39 is 17.8 Å². The molecular formula is C11H16N2O3. The van der Waals surface area contributed by atoms with Gasteiger partial charge in [0.25, 0.3) is 0 Å². The maximum absolute atomic E-state index is 11.7. The number of carboxylic acid groups (broad SMARTS) is 1. The number of carboxylic acids is 1. The Morgan fingerprint density at radius 2 is 2.12 bits per heavy atom. The zero-order valence-electron chi connectivity index (χ0n) is 9.27. The summed E-state index contributed by atoms with van der Waals surface area (Å²) in [6.45, 7) is 2.00. The molecule has 1 unspecified atom stereocenters. The van der Waals surface area contributed by atoms with Crippen LogP contribution >= 0.6 is 0 Å². The highest BCUT2D eigenvalue weighted by Crippen LogP contribution is 2.31. The molecule has 1 rings (SSSR count). The van der Waals surface area contributed by atoms with Crippen molar-refractivity contribution < 1.29 is 14.7 Å². The van der Waals surface area contributed by atoms with Gasteiger partial charge in [0.2, 0.25) is 5.91 Å². The maximum Gasteiger partial charge on any atom is 0.307 e. The van der Waals surface area contributed by atoms with Gasteiger partial charge < -0.3 is 10.4 Å². The van der Waals surface area contributed by atoms with Gasteiger partial charge in [-0.2, -0.15) is 5.26 Å². The third-order valence-corrected chi connectivity index (χ3v) is 2.97. The second-order valence-corrected chi connectivity index (χ2v) is 4.26. The molecule has 0 aromatic heterocycles. The topological polar surface area (TPSA) is 90.2 Å². The molecule has 0 saturated heterocycles. The lowest BCUT2D eigenvalue weighted by atomic mass is 9.95. The van der Waals surface area contributed by atoms with E-state index in [0.29, 0.717) is 12.8 Å². The van der Waals surface area contributed by atoms with Gasteiger partial charge >= 0.3 is 5.97 Å². The number of aliphatic carboxylic acids is 1. The van der Waals surface area contributed by atoms with Crippen molar-refractivity contribution in [2.24, 2.45) is 17.8 Å². The van der Waals surface area contributed by atoms with E-state index in [-0.39, 0.29) is 18.4 Å². The Bertz CT molecular complexity index is 322. The third-order valence-electron chi connectivity index (χ3n) is 2.97. The van der Waals surface area contributed by atoms with E-state index in [1.165, 1.54) is 0 Å². The molecule has 5 heteroatoms. The molecule has 1 aliphatic rings. The largest absolute Gasteiger partial charge is 0.481 e. The predicted octanol–water partition coefficient (Wildman–Crippen LogP) is 0.763. The number of carbonyl (C=O) groups is 2. The predicted molar refractivity (Wildman–Crippen MR) is 56.3 cm³/mol. The average molecular weight is 224 g/mol. The van der Waals surface area contributed by atoms with Crippen molar-refractivity contribution in [2.45, 2.75) is 26.2 Å². The molecule has 0 spiro atoms. The van der Waals surface area contributed by atoms with Crippen LogP contribution in [0.15, 0.2) is 0 Å². The number of nitrogens with one attached hydrogen (secondary N) is 1. The first-order chi connectivity index (χ1) is 7.56. The molecule has 0 bridgehead atoms. The number of amides is 1. The van der Waals surface area contributed by atoms with Gasteiger partial charge in [-0.25, -0.2) is 0 Å². The maximum atomic E-state index is 11.7. The fourth-order valence-electron chi connectivity index (χ4n) is 2.00. The van der Waals surface area contributed by atoms with Crippen LogP contribution in [-0.2, 0) is 9.59 Å². The Morgan fingerprint density at radius 3 is 2.69 bits per heavy atom. The first kappa shape index (κ1) is 12.5. The van der Waals surface area contributed by atoms with E-state index in [9.17, 15) is 9.59 Å². The highest BCUT2D eigenvalue weighted by molar-refractivity contribution is 5.85. The molecule has 0 aromatic carbocycles. The van der Waals surface area contributed by atoms with Crippen LogP contribution in [0, 0.1) is 29.1 Å². The molecule has 88 valence electrons. The summed E-state index contributed by atoms with van der Waals surface area (Å²) in [4.78, 5) is 22.6. The molecule has 0 radical (unpaired) electrons. The molecule has 3 atom stereocenters. The van der Waals surface area contributed by atoms with Crippen LogP contribution in [0.3, 0.4) is 0 Å². The highest BCUT2D eigenvalue weighted by Gasteiger charge is 2.37. The van der Waals surface area contributed by atoms with Crippen LogP contribution in [-0.4, -0.2) is 23.5 Å². The van der Waals surface area contributed by atoms with Gasteiger partial charge in [0, 0.05) is 6.54 Å². The molecular weight excluding hydrogens is 208 g/mol. The van der Waals surface area contributed by atoms with E-state index >= 15 is 0 Å². The second-order valence-electron chi connectivity index (χ2n) is 4.26. The van der Waals surface area contributed by atoms with Crippen molar-refractivity contribution in [2.75, 3.05) is 6.54 Å². The lowest BCUT2D eigenvalue weighted by molar-refractivity contribution is -0.146. The number of hydrogen-bond donors (Lipinski definition) is 2. The minimum absolute atomic E-state index is 0.230. The summed E-state index contributed by atoms with van der Waals surface area (Å²) in [5, 5.41) is 20.1. The van der Waals surface area contributed by atoms with Gasteiger partial charge in [-0.3, -0.25) is 9.59 Å². The molecule has 0 heterocycles. The fourth-order valence-corrected chi connectivity index (χ4v) is 2.00. The number of carbonyl (C=O) groups excluding carboxylic acids is 1. The molecule has 1 amide bonds. The minimum Gasteiger partial charge on any atom is -0.481 e. The minimum atomic E-state index is -0.897. The van der Waals surface area contributed by atoms with Crippen LogP contribution in [0.5, 0.6) is 0 Å². The molecule has 0 aromatic rings. The smallest absolute Gasteiger partial charge is 0.307 e. The molecule has 1 saturated carbocycles. The highest BCUT2D eigenvalue weighted by atomic mass is 16.4. The van der Waals surface area contributed by atoms with Crippen LogP contribution in [0.2, 0.25) is 0 Å². The van der Waals surface area contributed by atoms with E-state index in [1.54, 1.807) is 6.92 Å². The van der Waals surface area contributed by atoms with Gasteiger partial charge in [0.15, 0.2) is 0 Å². The summed E-state index contributed by atoms with van der Waals surface area (Å²) >= 11 is 0. The van der Waals surface area contributed by atoms with Gasteiger partial charge in [0.05, 0.1) is 23.8 Å². The normalized spacial score (nSPS) is 25.8. The monoisotopic (exact) mass is 224 g/mol. The van der Waals surface area contributed by atoms with Crippen LogP contribution in [0.25, 0.3) is 0 Å². The van der Waals surface area contributed by atoms with Crippen molar-refractivity contribution >= 4 is 11.9 Å². The number of hydrogen-bond acceptors (Lipinski definition) is 3. The summed E-state index contributed by atoms with van der Waals surface area (Å²) in [6.07, 6.45) is 1.98. The number of rotatable bonds is 4. The zero-order chi connectivity index (χ0) is 12.1. The Hall–Kier alpha value is -1.57. The molecule has 2 N–H and O–H groups in total. The van der Waals surface area contributed by atoms with Crippen LogP contribution in [0.4, 0.5) is 0 Å². The van der Waals surface area contributed by atoms with Gasteiger partial charge in [0.1, 0.15) is 0 Å². The molecule has 1 fully saturated rings. The van der Waals surface area contributed by atoms with E-state index in [0.717, 1.165) is 6.42 Å². The lowest BCUT2D eigenvalue weighted by Crippen LogP contribution is -2.37.